The van der Waals surface area contributed by atoms with E-state index in [0.717, 1.165) is 10.6 Å². The van der Waals surface area contributed by atoms with Crippen LogP contribution in [0.1, 0.15) is 16.1 Å². The Hall–Kier alpha value is -2.60. The van der Waals surface area contributed by atoms with Crippen molar-refractivity contribution in [1.29, 1.82) is 0 Å². The van der Waals surface area contributed by atoms with Crippen LogP contribution in [0, 0.1) is 12.7 Å². The van der Waals surface area contributed by atoms with Crippen LogP contribution in [0.3, 0.4) is 0 Å². The first-order valence-electron chi connectivity index (χ1n) is 7.35. The highest BCUT2D eigenvalue weighted by molar-refractivity contribution is 7.98. The molecule has 122 valence electrons. The third-order valence-electron chi connectivity index (χ3n) is 3.50. The third-order valence-corrected chi connectivity index (χ3v) is 4.24. The Balaban J connectivity index is 1.86. The highest BCUT2D eigenvalue weighted by atomic mass is 32.2. The van der Waals surface area contributed by atoms with Crippen molar-refractivity contribution in [3.8, 4) is 5.69 Å². The number of carbonyl (C=O) groups is 1. The van der Waals surface area contributed by atoms with Gasteiger partial charge in [-0.2, -0.15) is 5.10 Å². The van der Waals surface area contributed by atoms with Crippen LogP contribution in [0.5, 0.6) is 0 Å². The molecular weight excluding hydrogens is 325 g/mol. The molecule has 2 aromatic carbocycles. The molecule has 0 saturated carbocycles. The van der Waals surface area contributed by atoms with Crippen molar-refractivity contribution in [2.45, 2.75) is 11.8 Å². The van der Waals surface area contributed by atoms with Crippen LogP contribution >= 0.6 is 11.8 Å². The molecule has 0 saturated heterocycles. The normalized spacial score (nSPS) is 10.6. The lowest BCUT2D eigenvalue weighted by atomic mass is 10.2. The summed E-state index contributed by atoms with van der Waals surface area (Å²) in [4.78, 5) is 13.5. The molecule has 4 nitrogen and oxygen atoms in total. The third kappa shape index (κ3) is 3.49. The molecule has 0 bridgehead atoms. The van der Waals surface area contributed by atoms with Gasteiger partial charge >= 0.3 is 0 Å². The molecule has 1 N–H and O–H groups in total. The van der Waals surface area contributed by atoms with Gasteiger partial charge in [-0.3, -0.25) is 4.79 Å². The summed E-state index contributed by atoms with van der Waals surface area (Å²) in [5.41, 5.74) is 2.00. The lowest BCUT2D eigenvalue weighted by Crippen LogP contribution is -2.15. The van der Waals surface area contributed by atoms with E-state index in [1.165, 1.54) is 12.1 Å². The molecule has 0 atom stereocenters. The molecule has 3 aromatic rings. The summed E-state index contributed by atoms with van der Waals surface area (Å²) in [5, 5.41) is 7.22. The van der Waals surface area contributed by atoms with Gasteiger partial charge in [-0.15, -0.1) is 11.8 Å². The van der Waals surface area contributed by atoms with E-state index in [1.54, 1.807) is 46.8 Å². The summed E-state index contributed by atoms with van der Waals surface area (Å²) in [5.74, 6) is 0.00561. The molecule has 0 unspecified atom stereocenters. The van der Waals surface area contributed by atoms with Crippen molar-refractivity contribution in [3.05, 3.63) is 71.7 Å². The second kappa shape index (κ2) is 6.88. The molecule has 0 fully saturated rings. The van der Waals surface area contributed by atoms with E-state index in [9.17, 15) is 9.18 Å². The lowest BCUT2D eigenvalue weighted by molar-refractivity contribution is 0.102. The predicted molar refractivity (Wildman–Crippen MR) is 94.4 cm³/mol. The highest BCUT2D eigenvalue weighted by Gasteiger charge is 2.12. The SMILES string of the molecule is CSc1ccc(C(=O)Nc2cc(C)nn2-c2ccc(F)cc2)cc1. The minimum Gasteiger partial charge on any atom is -0.306 e. The number of aryl methyl sites for hydroxylation is 1. The number of amides is 1. The van der Waals surface area contributed by atoms with Crippen LogP contribution in [0.4, 0.5) is 10.2 Å². The fourth-order valence-corrected chi connectivity index (χ4v) is 2.71. The standard InChI is InChI=1S/C18H16FN3OS/c1-12-11-17(22(21-12)15-7-5-14(19)6-8-15)20-18(23)13-3-9-16(24-2)10-4-13/h3-11H,1-2H3,(H,20,23). The van der Waals surface area contributed by atoms with Gasteiger partial charge < -0.3 is 5.32 Å². The quantitative estimate of drug-likeness (QED) is 0.720. The number of benzene rings is 2. The number of hydrogen-bond donors (Lipinski definition) is 1. The van der Waals surface area contributed by atoms with E-state index in [-0.39, 0.29) is 11.7 Å². The van der Waals surface area contributed by atoms with Gasteiger partial charge in [0.25, 0.3) is 5.91 Å². The zero-order chi connectivity index (χ0) is 17.1. The molecule has 3 rings (SSSR count). The van der Waals surface area contributed by atoms with E-state index in [4.69, 9.17) is 0 Å². The Bertz CT molecular complexity index is 857. The summed E-state index contributed by atoms with van der Waals surface area (Å²) < 4.78 is 14.7. The first kappa shape index (κ1) is 16.3. The molecule has 0 aliphatic heterocycles. The van der Waals surface area contributed by atoms with E-state index in [0.29, 0.717) is 17.1 Å². The van der Waals surface area contributed by atoms with Crippen molar-refractivity contribution in [1.82, 2.24) is 9.78 Å². The van der Waals surface area contributed by atoms with Crippen molar-refractivity contribution in [3.63, 3.8) is 0 Å². The van der Waals surface area contributed by atoms with Crippen LogP contribution in [0.25, 0.3) is 5.69 Å². The van der Waals surface area contributed by atoms with Crippen LogP contribution in [0.15, 0.2) is 59.5 Å². The molecule has 0 aliphatic rings. The average molecular weight is 341 g/mol. The van der Waals surface area contributed by atoms with Crippen molar-refractivity contribution >= 4 is 23.5 Å². The number of nitrogens with one attached hydrogen (secondary N) is 1. The second-order valence-corrected chi connectivity index (χ2v) is 6.12. The van der Waals surface area contributed by atoms with Crippen LogP contribution in [-0.2, 0) is 0 Å². The maximum absolute atomic E-state index is 13.1. The van der Waals surface area contributed by atoms with Gasteiger partial charge in [0.15, 0.2) is 0 Å². The highest BCUT2D eigenvalue weighted by Crippen LogP contribution is 2.19. The van der Waals surface area contributed by atoms with Crippen LogP contribution in [-0.4, -0.2) is 21.9 Å². The summed E-state index contributed by atoms with van der Waals surface area (Å²) >= 11 is 1.62. The Morgan fingerprint density at radius 1 is 1.12 bits per heavy atom. The smallest absolute Gasteiger partial charge is 0.256 e. The van der Waals surface area contributed by atoms with E-state index in [1.807, 2.05) is 25.3 Å². The van der Waals surface area contributed by atoms with Gasteiger partial charge in [0.2, 0.25) is 0 Å². The first-order chi connectivity index (χ1) is 11.6. The maximum Gasteiger partial charge on any atom is 0.256 e. The molecule has 0 aliphatic carbocycles. The number of carbonyl (C=O) groups excluding carboxylic acids is 1. The molecule has 1 amide bonds. The largest absolute Gasteiger partial charge is 0.306 e. The Kier molecular flexibility index (Phi) is 4.66. The van der Waals surface area contributed by atoms with Gasteiger partial charge in [-0.1, -0.05) is 0 Å². The summed E-state index contributed by atoms with van der Waals surface area (Å²) in [7, 11) is 0. The number of nitrogens with zero attached hydrogens (tertiary/aromatic N) is 2. The first-order valence-corrected chi connectivity index (χ1v) is 8.57. The minimum absolute atomic E-state index is 0.217. The molecule has 24 heavy (non-hydrogen) atoms. The summed E-state index contributed by atoms with van der Waals surface area (Å²) in [6, 6.07) is 15.1. The lowest BCUT2D eigenvalue weighted by Gasteiger charge is -2.09. The Morgan fingerprint density at radius 3 is 2.42 bits per heavy atom. The number of rotatable bonds is 4. The maximum atomic E-state index is 13.1. The predicted octanol–water partition coefficient (Wildman–Crippen LogP) is 4.29. The summed E-state index contributed by atoms with van der Waals surface area (Å²) in [6.45, 7) is 1.84. The fourth-order valence-electron chi connectivity index (χ4n) is 2.30. The van der Waals surface area contributed by atoms with Gasteiger partial charge in [-0.25, -0.2) is 9.07 Å². The van der Waals surface area contributed by atoms with Crippen LogP contribution < -0.4 is 5.32 Å². The Morgan fingerprint density at radius 2 is 1.79 bits per heavy atom. The fraction of sp³-hybridized carbons (Fsp3) is 0.111. The Labute approximate surface area is 143 Å². The van der Waals surface area contributed by atoms with Gasteiger partial charge in [0.05, 0.1) is 11.4 Å². The van der Waals surface area contributed by atoms with Gasteiger partial charge in [0, 0.05) is 16.5 Å². The van der Waals surface area contributed by atoms with Crippen molar-refractivity contribution < 1.29 is 9.18 Å². The zero-order valence-electron chi connectivity index (χ0n) is 13.3. The van der Waals surface area contributed by atoms with Crippen molar-refractivity contribution in [2.24, 2.45) is 0 Å². The van der Waals surface area contributed by atoms with E-state index < -0.39 is 0 Å². The second-order valence-electron chi connectivity index (χ2n) is 5.24. The zero-order valence-corrected chi connectivity index (χ0v) is 14.1. The van der Waals surface area contributed by atoms with E-state index in [2.05, 4.69) is 10.4 Å². The molecular formula is C18H16FN3OS. The molecule has 0 spiro atoms. The molecule has 1 aromatic heterocycles. The number of halogens is 1. The number of thioether (sulfide) groups is 1. The molecule has 0 radical (unpaired) electrons. The van der Waals surface area contributed by atoms with Crippen molar-refractivity contribution in [2.75, 3.05) is 11.6 Å². The monoisotopic (exact) mass is 341 g/mol. The summed E-state index contributed by atoms with van der Waals surface area (Å²) in [6.07, 6.45) is 1.99. The number of anilines is 1. The minimum atomic E-state index is -0.318. The van der Waals surface area contributed by atoms with E-state index >= 15 is 0 Å². The average Bonchev–Trinajstić information content (AvgIpc) is 2.96. The topological polar surface area (TPSA) is 46.9 Å². The molecule has 1 heterocycles. The van der Waals surface area contributed by atoms with Gasteiger partial charge in [-0.05, 0) is 61.7 Å². The number of hydrogen-bond acceptors (Lipinski definition) is 3. The van der Waals surface area contributed by atoms with Crippen LogP contribution in [0.2, 0.25) is 0 Å². The molecule has 6 heteroatoms. The number of aromatic nitrogens is 2. The van der Waals surface area contributed by atoms with Gasteiger partial charge in [0.1, 0.15) is 11.6 Å².